The fraction of sp³-hybridized carbons (Fsp3) is 0.417. The molecule has 3 heteroatoms. The lowest BCUT2D eigenvalue weighted by Gasteiger charge is -2.36. The quantitative estimate of drug-likeness (QED) is 0.440. The lowest BCUT2D eigenvalue weighted by atomic mass is 9.65. The molecule has 0 radical (unpaired) electrons. The maximum atomic E-state index is 13.5. The molecule has 0 spiro atoms. The number of carbonyl (C=O) groups excluding carboxylic acids is 2. The van der Waals surface area contributed by atoms with Crippen molar-refractivity contribution in [1.82, 2.24) is 0 Å². The van der Waals surface area contributed by atoms with E-state index in [1.807, 2.05) is 42.5 Å². The number of anilines is 1. The van der Waals surface area contributed by atoms with Crippen molar-refractivity contribution in [3.05, 3.63) is 54.6 Å². The van der Waals surface area contributed by atoms with E-state index in [0.29, 0.717) is 35.5 Å². The first-order valence-electron chi connectivity index (χ1n) is 10.3. The fourth-order valence-electron chi connectivity index (χ4n) is 7.76. The van der Waals surface area contributed by atoms with E-state index in [2.05, 4.69) is 12.2 Å². The molecule has 4 bridgehead atoms. The summed E-state index contributed by atoms with van der Waals surface area (Å²) in [4.78, 5) is 28.6. The molecule has 27 heavy (non-hydrogen) atoms. The zero-order valence-corrected chi connectivity index (χ0v) is 15.0. The summed E-state index contributed by atoms with van der Waals surface area (Å²) in [6.07, 6.45) is 7.15. The minimum Gasteiger partial charge on any atom is -0.274 e. The van der Waals surface area contributed by atoms with Crippen LogP contribution in [0.3, 0.4) is 0 Å². The van der Waals surface area contributed by atoms with Crippen molar-refractivity contribution in [3.8, 4) is 0 Å². The highest BCUT2D eigenvalue weighted by molar-refractivity contribution is 6.25. The summed E-state index contributed by atoms with van der Waals surface area (Å²) in [6, 6.07) is 14.0. The molecule has 8 atom stereocenters. The number of allylic oxidation sites excluding steroid dienone is 2. The average Bonchev–Trinajstić information content (AvgIpc) is 3.47. The van der Waals surface area contributed by atoms with Crippen molar-refractivity contribution >= 4 is 28.3 Å². The van der Waals surface area contributed by atoms with Gasteiger partial charge in [0.05, 0.1) is 17.5 Å². The summed E-state index contributed by atoms with van der Waals surface area (Å²) < 4.78 is 0. The van der Waals surface area contributed by atoms with Crippen LogP contribution in [0.4, 0.5) is 5.69 Å². The van der Waals surface area contributed by atoms with E-state index in [1.54, 1.807) is 4.90 Å². The van der Waals surface area contributed by atoms with Gasteiger partial charge in [-0.1, -0.05) is 48.6 Å². The molecular formula is C24H21NO2. The molecule has 7 rings (SSSR count). The first-order chi connectivity index (χ1) is 13.2. The summed E-state index contributed by atoms with van der Waals surface area (Å²) >= 11 is 0. The first-order valence-corrected chi connectivity index (χ1v) is 10.3. The highest BCUT2D eigenvalue weighted by Gasteiger charge is 2.71. The van der Waals surface area contributed by atoms with Crippen LogP contribution in [0.5, 0.6) is 0 Å². The molecule has 5 aliphatic rings. The molecule has 8 unspecified atom stereocenters. The lowest BCUT2D eigenvalue weighted by Crippen LogP contribution is -2.38. The number of benzene rings is 2. The zero-order valence-electron chi connectivity index (χ0n) is 15.0. The zero-order chi connectivity index (χ0) is 17.9. The van der Waals surface area contributed by atoms with E-state index in [4.69, 9.17) is 0 Å². The van der Waals surface area contributed by atoms with Gasteiger partial charge in [-0.2, -0.15) is 0 Å². The van der Waals surface area contributed by atoms with Gasteiger partial charge in [-0.3, -0.25) is 9.59 Å². The Hall–Kier alpha value is -2.42. The topological polar surface area (TPSA) is 37.4 Å². The first kappa shape index (κ1) is 14.6. The SMILES string of the molecule is O=C1C2C3CC(C2C(=O)N1c1cccc2ccccc12)C1C2C=CC(C2)C31. The van der Waals surface area contributed by atoms with E-state index in [0.717, 1.165) is 22.9 Å². The Morgan fingerprint density at radius 1 is 0.741 bits per heavy atom. The van der Waals surface area contributed by atoms with Crippen molar-refractivity contribution in [1.29, 1.82) is 0 Å². The number of imide groups is 1. The van der Waals surface area contributed by atoms with E-state index in [1.165, 1.54) is 6.42 Å². The van der Waals surface area contributed by atoms with Gasteiger partial charge in [0.25, 0.3) is 0 Å². The van der Waals surface area contributed by atoms with Crippen LogP contribution in [0.15, 0.2) is 54.6 Å². The monoisotopic (exact) mass is 355 g/mol. The highest BCUT2D eigenvalue weighted by atomic mass is 16.2. The van der Waals surface area contributed by atoms with Gasteiger partial charge in [-0.15, -0.1) is 0 Å². The fourth-order valence-corrected chi connectivity index (χ4v) is 7.76. The van der Waals surface area contributed by atoms with Crippen molar-refractivity contribution in [2.75, 3.05) is 4.90 Å². The van der Waals surface area contributed by atoms with Gasteiger partial charge in [0.2, 0.25) is 11.8 Å². The van der Waals surface area contributed by atoms with Gasteiger partial charge in [0.1, 0.15) is 0 Å². The molecule has 134 valence electrons. The minimum absolute atomic E-state index is 0.0686. The third-order valence-corrected chi connectivity index (χ3v) is 8.44. The van der Waals surface area contributed by atoms with E-state index >= 15 is 0 Å². The molecule has 3 saturated carbocycles. The Kier molecular flexibility index (Phi) is 2.54. The van der Waals surface area contributed by atoms with E-state index in [9.17, 15) is 9.59 Å². The standard InChI is InChI=1S/C24H21NO2/c26-23-21-16-11-17(20-14-9-8-13(10-14)19(16)20)22(21)24(27)25(23)18-7-3-5-12-4-1-2-6-15(12)18/h1-9,13-14,16-17,19-22H,10-11H2. The third-order valence-electron chi connectivity index (χ3n) is 8.44. The Balaban J connectivity index is 1.35. The maximum absolute atomic E-state index is 13.5. The largest absolute Gasteiger partial charge is 0.274 e. The number of rotatable bonds is 1. The third kappa shape index (κ3) is 1.57. The Bertz CT molecular complexity index is 1010. The molecule has 3 nitrogen and oxygen atoms in total. The van der Waals surface area contributed by atoms with Gasteiger partial charge < -0.3 is 0 Å². The summed E-state index contributed by atoms with van der Waals surface area (Å²) in [5, 5.41) is 2.07. The van der Waals surface area contributed by atoms with Crippen molar-refractivity contribution in [3.63, 3.8) is 0 Å². The summed E-state index contributed by atoms with van der Waals surface area (Å²) in [5.41, 5.74) is 0.781. The molecule has 1 saturated heterocycles. The van der Waals surface area contributed by atoms with E-state index < -0.39 is 0 Å². The van der Waals surface area contributed by atoms with Crippen LogP contribution in [-0.4, -0.2) is 11.8 Å². The van der Waals surface area contributed by atoms with Gasteiger partial charge in [0, 0.05) is 5.39 Å². The number of amides is 2. The molecule has 2 aromatic rings. The van der Waals surface area contributed by atoms with Crippen LogP contribution in [0, 0.1) is 47.3 Å². The second-order valence-electron chi connectivity index (χ2n) is 9.23. The van der Waals surface area contributed by atoms with Crippen LogP contribution >= 0.6 is 0 Å². The molecule has 0 N–H and O–H groups in total. The van der Waals surface area contributed by atoms with Crippen LogP contribution in [-0.2, 0) is 9.59 Å². The predicted octanol–water partition coefficient (Wildman–Crippen LogP) is 4.03. The summed E-state index contributed by atoms with van der Waals surface area (Å²) in [6.45, 7) is 0. The predicted molar refractivity (Wildman–Crippen MR) is 103 cm³/mol. The Morgan fingerprint density at radius 3 is 2.07 bits per heavy atom. The molecule has 2 amide bonds. The van der Waals surface area contributed by atoms with Gasteiger partial charge in [-0.05, 0) is 59.8 Å². The van der Waals surface area contributed by atoms with Crippen molar-refractivity contribution < 1.29 is 9.59 Å². The second kappa shape index (κ2) is 4.70. The van der Waals surface area contributed by atoms with Gasteiger partial charge in [0.15, 0.2) is 0 Å². The van der Waals surface area contributed by atoms with Gasteiger partial charge in [-0.25, -0.2) is 4.90 Å². The molecule has 0 aromatic heterocycles. The normalized spacial score (nSPS) is 43.2. The molecule has 4 fully saturated rings. The molecule has 1 aliphatic heterocycles. The number of hydrogen-bond donors (Lipinski definition) is 0. The molecule has 1 heterocycles. The molecule has 4 aliphatic carbocycles. The van der Waals surface area contributed by atoms with Gasteiger partial charge >= 0.3 is 0 Å². The summed E-state index contributed by atoms with van der Waals surface area (Å²) in [5.74, 6) is 3.44. The van der Waals surface area contributed by atoms with Crippen LogP contribution in [0.2, 0.25) is 0 Å². The number of carbonyl (C=O) groups is 2. The summed E-state index contributed by atoms with van der Waals surface area (Å²) in [7, 11) is 0. The molecule has 2 aromatic carbocycles. The van der Waals surface area contributed by atoms with Crippen LogP contribution in [0.1, 0.15) is 12.8 Å². The molecular weight excluding hydrogens is 334 g/mol. The smallest absolute Gasteiger partial charge is 0.238 e. The average molecular weight is 355 g/mol. The van der Waals surface area contributed by atoms with Crippen molar-refractivity contribution in [2.24, 2.45) is 47.3 Å². The lowest BCUT2D eigenvalue weighted by molar-refractivity contribution is -0.123. The number of hydrogen-bond acceptors (Lipinski definition) is 2. The highest BCUT2D eigenvalue weighted by Crippen LogP contribution is 2.70. The number of nitrogens with zero attached hydrogens (tertiary/aromatic N) is 1. The number of fused-ring (bicyclic) bond motifs is 13. The Morgan fingerprint density at radius 2 is 1.37 bits per heavy atom. The van der Waals surface area contributed by atoms with Crippen LogP contribution in [0.25, 0.3) is 10.8 Å². The Labute approximate surface area is 158 Å². The maximum Gasteiger partial charge on any atom is 0.238 e. The van der Waals surface area contributed by atoms with Crippen LogP contribution < -0.4 is 4.90 Å². The minimum atomic E-state index is -0.0736. The second-order valence-corrected chi connectivity index (χ2v) is 9.23. The van der Waals surface area contributed by atoms with Crippen molar-refractivity contribution in [2.45, 2.75) is 12.8 Å². The van der Waals surface area contributed by atoms with E-state index in [-0.39, 0.29) is 23.7 Å².